The van der Waals surface area contributed by atoms with E-state index in [9.17, 15) is 67.0 Å². The smallest absolute Gasteiger partial charge is 0.445 e. The van der Waals surface area contributed by atoms with Crippen molar-refractivity contribution in [1.82, 2.24) is 5.32 Å². The van der Waals surface area contributed by atoms with Gasteiger partial charge in [0.15, 0.2) is 0 Å². The molecule has 2 aromatic rings. The van der Waals surface area contributed by atoms with E-state index in [1.54, 1.807) is 30.3 Å². The van der Waals surface area contributed by atoms with Crippen LogP contribution in [0.3, 0.4) is 0 Å². The van der Waals surface area contributed by atoms with Crippen molar-refractivity contribution in [3.05, 3.63) is 71.8 Å². The highest BCUT2D eigenvalue weighted by Gasteiger charge is 2.90. The van der Waals surface area contributed by atoms with E-state index in [1.807, 2.05) is 0 Å². The zero-order chi connectivity index (χ0) is 32.2. The maximum atomic E-state index is 14.1. The van der Waals surface area contributed by atoms with E-state index in [1.165, 1.54) is 30.3 Å². The average molecular weight is 631 g/mol. The highest BCUT2D eigenvalue weighted by atomic mass is 19.4. The monoisotopic (exact) mass is 631 g/mol. The van der Waals surface area contributed by atoms with Gasteiger partial charge in [-0.05, 0) is 24.0 Å². The lowest BCUT2D eigenvalue weighted by Crippen LogP contribution is -2.70. The minimum absolute atomic E-state index is 0.214. The number of rotatable bonds is 13. The van der Waals surface area contributed by atoms with Crippen molar-refractivity contribution < 1.29 is 71.7 Å². The summed E-state index contributed by atoms with van der Waals surface area (Å²) in [5.41, 5.74) is 0.772. The molecule has 0 aliphatic rings. The first-order chi connectivity index (χ1) is 19.1. The van der Waals surface area contributed by atoms with Crippen molar-refractivity contribution >= 4 is 6.09 Å². The Balaban J connectivity index is 2.16. The van der Waals surface area contributed by atoms with Gasteiger partial charge in [0, 0.05) is 6.42 Å². The van der Waals surface area contributed by atoms with E-state index in [2.05, 4.69) is 5.32 Å². The van der Waals surface area contributed by atoms with Gasteiger partial charge in [-0.2, -0.15) is 57.1 Å². The Bertz CT molecular complexity index is 1160. The van der Waals surface area contributed by atoms with Crippen molar-refractivity contribution in [2.75, 3.05) is 0 Å². The molecule has 0 spiro atoms. The Morgan fingerprint density at radius 2 is 1.19 bits per heavy atom. The standard InChI is InChI=1S/C25H22F13NO3/c26-20(27,21(28,29)22(30,31)23(32,33)24(34,35)25(36,37)38)12-11-17(40)13-18(16-9-5-2-6-10-16)39-19(41)42-14-15-7-3-1-4-8-15/h1-10,17-18,40H,11-14H2,(H,39,41)/t17-,18?/m1/s1. The van der Waals surface area contributed by atoms with Gasteiger partial charge >= 0.3 is 41.9 Å². The number of alkyl halides is 13. The number of amides is 1. The lowest BCUT2D eigenvalue weighted by molar-refractivity contribution is -0.440. The third-order valence-electron chi connectivity index (χ3n) is 6.00. The maximum Gasteiger partial charge on any atom is 0.460 e. The molecule has 4 nitrogen and oxygen atoms in total. The second kappa shape index (κ2) is 12.6. The summed E-state index contributed by atoms with van der Waals surface area (Å²) in [5, 5.41) is 12.4. The van der Waals surface area contributed by atoms with Crippen LogP contribution in [0.5, 0.6) is 0 Å². The lowest BCUT2D eigenvalue weighted by atomic mass is 9.90. The first-order valence-corrected chi connectivity index (χ1v) is 11.7. The van der Waals surface area contributed by atoms with Crippen molar-refractivity contribution in [1.29, 1.82) is 0 Å². The van der Waals surface area contributed by atoms with Gasteiger partial charge in [0.2, 0.25) is 0 Å². The van der Waals surface area contributed by atoms with E-state index >= 15 is 0 Å². The third kappa shape index (κ3) is 7.21. The molecule has 2 atom stereocenters. The van der Waals surface area contributed by atoms with Gasteiger partial charge in [0.1, 0.15) is 6.61 Å². The summed E-state index contributed by atoms with van der Waals surface area (Å²) in [7, 11) is 0. The topological polar surface area (TPSA) is 58.6 Å². The summed E-state index contributed by atoms with van der Waals surface area (Å²) in [6.45, 7) is -0.232. The number of halogens is 13. The Hall–Kier alpha value is -3.24. The van der Waals surface area contributed by atoms with Gasteiger partial charge in [-0.3, -0.25) is 0 Å². The number of ether oxygens (including phenoxy) is 1. The van der Waals surface area contributed by atoms with Crippen molar-refractivity contribution in [2.24, 2.45) is 0 Å². The predicted molar refractivity (Wildman–Crippen MR) is 120 cm³/mol. The molecule has 0 heterocycles. The summed E-state index contributed by atoms with van der Waals surface area (Å²) in [4.78, 5) is 12.3. The second-order valence-corrected chi connectivity index (χ2v) is 9.10. The number of hydrogen-bond acceptors (Lipinski definition) is 3. The van der Waals surface area contributed by atoms with E-state index < -0.39 is 73.3 Å². The Kier molecular flexibility index (Phi) is 10.4. The fourth-order valence-corrected chi connectivity index (χ4v) is 3.57. The molecular formula is C25H22F13NO3. The third-order valence-corrected chi connectivity index (χ3v) is 6.00. The summed E-state index contributed by atoms with van der Waals surface area (Å²) in [6, 6.07) is 14.1. The van der Waals surface area contributed by atoms with Crippen LogP contribution < -0.4 is 5.32 Å². The number of nitrogens with one attached hydrogen (secondary N) is 1. The fraction of sp³-hybridized carbons (Fsp3) is 0.480. The number of hydrogen-bond donors (Lipinski definition) is 2. The van der Waals surface area contributed by atoms with Gasteiger partial charge in [-0.1, -0.05) is 60.7 Å². The molecule has 0 fully saturated rings. The molecule has 0 saturated carbocycles. The molecule has 0 aromatic heterocycles. The summed E-state index contributed by atoms with van der Waals surface area (Å²) in [6.07, 6.45) is -15.6. The maximum absolute atomic E-state index is 14.1. The molecule has 2 N–H and O–H groups in total. The van der Waals surface area contributed by atoms with Crippen LogP contribution in [0.2, 0.25) is 0 Å². The van der Waals surface area contributed by atoms with Crippen LogP contribution in [0.4, 0.5) is 61.9 Å². The quantitative estimate of drug-likeness (QED) is 0.221. The zero-order valence-corrected chi connectivity index (χ0v) is 20.9. The van der Waals surface area contributed by atoms with Crippen molar-refractivity contribution in [2.45, 2.75) is 73.8 Å². The molecule has 2 aromatic carbocycles. The molecule has 0 aliphatic heterocycles. The molecule has 236 valence electrons. The van der Waals surface area contributed by atoms with Gasteiger partial charge in [-0.15, -0.1) is 0 Å². The fourth-order valence-electron chi connectivity index (χ4n) is 3.57. The Morgan fingerprint density at radius 1 is 0.714 bits per heavy atom. The number of carbonyl (C=O) groups is 1. The minimum Gasteiger partial charge on any atom is -0.445 e. The number of aliphatic hydroxyl groups is 1. The molecule has 0 bridgehead atoms. The molecule has 1 unspecified atom stereocenters. The predicted octanol–water partition coefficient (Wildman–Crippen LogP) is 7.92. The van der Waals surface area contributed by atoms with Crippen LogP contribution in [-0.4, -0.2) is 53.1 Å². The van der Waals surface area contributed by atoms with Crippen LogP contribution in [0.15, 0.2) is 60.7 Å². The Labute approximate surface area is 229 Å². The lowest BCUT2D eigenvalue weighted by Gasteiger charge is -2.40. The van der Waals surface area contributed by atoms with Gasteiger partial charge < -0.3 is 15.2 Å². The van der Waals surface area contributed by atoms with Crippen LogP contribution in [0.25, 0.3) is 0 Å². The van der Waals surface area contributed by atoms with E-state index in [4.69, 9.17) is 4.74 Å². The number of alkyl carbamates (subject to hydrolysis) is 1. The Morgan fingerprint density at radius 3 is 1.69 bits per heavy atom. The molecule has 42 heavy (non-hydrogen) atoms. The first-order valence-electron chi connectivity index (χ1n) is 11.7. The van der Waals surface area contributed by atoms with Crippen molar-refractivity contribution in [3.8, 4) is 0 Å². The first kappa shape index (κ1) is 35.0. The van der Waals surface area contributed by atoms with Crippen LogP contribution in [-0.2, 0) is 11.3 Å². The van der Waals surface area contributed by atoms with Gasteiger partial charge in [0.25, 0.3) is 0 Å². The molecule has 0 saturated heterocycles. The highest BCUT2D eigenvalue weighted by molar-refractivity contribution is 5.68. The molecular weight excluding hydrogens is 609 g/mol. The van der Waals surface area contributed by atoms with E-state index in [0.29, 0.717) is 5.56 Å². The van der Waals surface area contributed by atoms with Crippen LogP contribution >= 0.6 is 0 Å². The molecule has 0 aliphatic carbocycles. The summed E-state index contributed by atoms with van der Waals surface area (Å²) >= 11 is 0. The van der Waals surface area contributed by atoms with Crippen LogP contribution in [0, 0.1) is 0 Å². The molecule has 2 rings (SSSR count). The molecule has 1 amide bonds. The molecule has 17 heteroatoms. The minimum atomic E-state index is -7.99. The number of carbonyl (C=O) groups excluding carboxylic acids is 1. The number of aliphatic hydroxyl groups excluding tert-OH is 1. The number of benzene rings is 2. The van der Waals surface area contributed by atoms with Crippen LogP contribution in [0.1, 0.15) is 36.4 Å². The summed E-state index contributed by atoms with van der Waals surface area (Å²) in [5.74, 6) is -37.5. The van der Waals surface area contributed by atoms with E-state index in [-0.39, 0.29) is 12.2 Å². The second-order valence-electron chi connectivity index (χ2n) is 9.10. The van der Waals surface area contributed by atoms with Gasteiger partial charge in [0.05, 0.1) is 12.1 Å². The van der Waals surface area contributed by atoms with Crippen molar-refractivity contribution in [3.63, 3.8) is 0 Å². The SMILES string of the molecule is O=C(NC(C[C@H](O)CCC(F)(F)C(F)(F)C(F)(F)C(F)(F)C(F)(F)C(F)(F)F)c1ccccc1)OCc1ccccc1. The van der Waals surface area contributed by atoms with E-state index in [0.717, 1.165) is 0 Å². The normalized spacial score (nSPS) is 15.2. The average Bonchev–Trinajstić information content (AvgIpc) is 2.90. The summed E-state index contributed by atoms with van der Waals surface area (Å²) < 4.78 is 178. The zero-order valence-electron chi connectivity index (χ0n) is 20.9. The largest absolute Gasteiger partial charge is 0.460 e. The van der Waals surface area contributed by atoms with Gasteiger partial charge in [-0.25, -0.2) is 4.79 Å². The molecule has 0 radical (unpaired) electrons. The highest BCUT2D eigenvalue weighted by Crippen LogP contribution is 2.60.